The van der Waals surface area contributed by atoms with Crippen molar-refractivity contribution in [2.75, 3.05) is 0 Å². The second-order valence-corrected chi connectivity index (χ2v) is 6.64. The van der Waals surface area contributed by atoms with E-state index in [1.807, 2.05) is 36.4 Å². The van der Waals surface area contributed by atoms with E-state index in [4.69, 9.17) is 11.6 Å². The van der Waals surface area contributed by atoms with Gasteiger partial charge in [0.2, 0.25) is 0 Å². The summed E-state index contributed by atoms with van der Waals surface area (Å²) in [7, 11) is 0. The lowest BCUT2D eigenvalue weighted by molar-refractivity contribution is -0.145. The van der Waals surface area contributed by atoms with E-state index < -0.39 is 5.72 Å². The standard InChI is InChI=1S/C19H22ClNO2/c1-2-3-12-19(23)16-10-6-5-9-15(16)18(22)21(19)13-14-8-4-7-11-17(14)20/h4-5,7-9,11,23H,2-3,6,10,12-13H2,1H3. The molecule has 1 N–H and O–H groups in total. The van der Waals surface area contributed by atoms with Gasteiger partial charge in [-0.05, 0) is 42.9 Å². The van der Waals surface area contributed by atoms with Crippen molar-refractivity contribution in [3.63, 3.8) is 0 Å². The summed E-state index contributed by atoms with van der Waals surface area (Å²) in [6.45, 7) is 2.42. The number of amides is 1. The van der Waals surface area contributed by atoms with E-state index in [0.29, 0.717) is 23.6 Å². The average Bonchev–Trinajstić information content (AvgIpc) is 2.78. The Morgan fingerprint density at radius 1 is 1.35 bits per heavy atom. The van der Waals surface area contributed by atoms with Crippen LogP contribution >= 0.6 is 11.6 Å². The van der Waals surface area contributed by atoms with Crippen LogP contribution in [0.4, 0.5) is 0 Å². The molecular weight excluding hydrogens is 310 g/mol. The fraction of sp³-hybridized carbons (Fsp3) is 0.421. The molecule has 0 spiro atoms. The van der Waals surface area contributed by atoms with E-state index in [1.54, 1.807) is 4.90 Å². The van der Waals surface area contributed by atoms with E-state index in [2.05, 4.69) is 6.92 Å². The molecule has 2 aliphatic rings. The molecule has 1 aliphatic heterocycles. The number of hydrogen-bond donors (Lipinski definition) is 1. The highest BCUT2D eigenvalue weighted by Crippen LogP contribution is 2.43. The van der Waals surface area contributed by atoms with Crippen LogP contribution in [0.5, 0.6) is 0 Å². The Kier molecular flexibility index (Phi) is 4.60. The molecule has 122 valence electrons. The Labute approximate surface area is 142 Å². The zero-order chi connectivity index (χ0) is 16.4. The van der Waals surface area contributed by atoms with Gasteiger partial charge in [0, 0.05) is 10.6 Å². The zero-order valence-electron chi connectivity index (χ0n) is 13.4. The van der Waals surface area contributed by atoms with Gasteiger partial charge < -0.3 is 10.0 Å². The maximum absolute atomic E-state index is 12.8. The molecular formula is C19H22ClNO2. The molecule has 1 atom stereocenters. The number of allylic oxidation sites excluding steroid dienone is 1. The molecule has 1 aliphatic carbocycles. The maximum Gasteiger partial charge on any atom is 0.256 e. The number of benzene rings is 1. The summed E-state index contributed by atoms with van der Waals surface area (Å²) < 4.78 is 0. The third kappa shape index (κ3) is 2.84. The molecule has 3 rings (SSSR count). The molecule has 0 saturated heterocycles. The van der Waals surface area contributed by atoms with Crippen molar-refractivity contribution in [1.29, 1.82) is 0 Å². The van der Waals surface area contributed by atoms with Gasteiger partial charge in [-0.15, -0.1) is 0 Å². The topological polar surface area (TPSA) is 40.5 Å². The van der Waals surface area contributed by atoms with E-state index >= 15 is 0 Å². The number of carbonyl (C=O) groups excluding carboxylic acids is 1. The second-order valence-electron chi connectivity index (χ2n) is 6.24. The Hall–Kier alpha value is -1.58. The molecule has 0 radical (unpaired) electrons. The molecule has 0 fully saturated rings. The van der Waals surface area contributed by atoms with Crippen LogP contribution in [-0.2, 0) is 11.3 Å². The van der Waals surface area contributed by atoms with Crippen molar-refractivity contribution in [3.8, 4) is 0 Å². The Morgan fingerprint density at radius 2 is 2.13 bits per heavy atom. The number of aliphatic hydroxyl groups is 1. The highest BCUT2D eigenvalue weighted by molar-refractivity contribution is 6.31. The lowest BCUT2D eigenvalue weighted by atomic mass is 9.89. The number of hydrogen-bond acceptors (Lipinski definition) is 2. The molecule has 0 aromatic heterocycles. The minimum Gasteiger partial charge on any atom is -0.367 e. The van der Waals surface area contributed by atoms with Crippen LogP contribution in [0.3, 0.4) is 0 Å². The SMILES string of the molecule is CCCCC1(O)C2=C(C=CCC2)C(=O)N1Cc1ccccc1Cl. The molecule has 0 saturated carbocycles. The van der Waals surface area contributed by atoms with Crippen molar-refractivity contribution in [2.24, 2.45) is 0 Å². The number of unbranched alkanes of at least 4 members (excludes halogenated alkanes) is 1. The minimum atomic E-state index is -1.17. The van der Waals surface area contributed by atoms with E-state index in [9.17, 15) is 9.90 Å². The predicted octanol–water partition coefficient (Wildman–Crippen LogP) is 4.21. The lowest BCUT2D eigenvalue weighted by Gasteiger charge is -2.36. The van der Waals surface area contributed by atoms with Crippen LogP contribution in [0.15, 0.2) is 47.6 Å². The van der Waals surface area contributed by atoms with Gasteiger partial charge >= 0.3 is 0 Å². The van der Waals surface area contributed by atoms with Gasteiger partial charge in [0.25, 0.3) is 5.91 Å². The Bertz CT molecular complexity index is 680. The number of carbonyl (C=O) groups is 1. The smallest absolute Gasteiger partial charge is 0.256 e. The van der Waals surface area contributed by atoms with Gasteiger partial charge in [-0.25, -0.2) is 0 Å². The van der Waals surface area contributed by atoms with Crippen molar-refractivity contribution in [3.05, 3.63) is 58.1 Å². The number of rotatable bonds is 5. The van der Waals surface area contributed by atoms with Crippen LogP contribution in [0.25, 0.3) is 0 Å². The summed E-state index contributed by atoms with van der Waals surface area (Å²) in [5.41, 5.74) is 1.24. The first-order valence-electron chi connectivity index (χ1n) is 8.26. The van der Waals surface area contributed by atoms with E-state index in [-0.39, 0.29) is 5.91 Å². The Balaban J connectivity index is 1.96. The summed E-state index contributed by atoms with van der Waals surface area (Å²) in [6, 6.07) is 7.49. The van der Waals surface area contributed by atoms with Gasteiger partial charge in [-0.2, -0.15) is 0 Å². The van der Waals surface area contributed by atoms with Crippen LogP contribution in [0, 0.1) is 0 Å². The summed E-state index contributed by atoms with van der Waals surface area (Å²) in [6.07, 6.45) is 7.93. The highest BCUT2D eigenvalue weighted by atomic mass is 35.5. The van der Waals surface area contributed by atoms with Crippen LogP contribution < -0.4 is 0 Å². The number of nitrogens with zero attached hydrogens (tertiary/aromatic N) is 1. The quantitative estimate of drug-likeness (QED) is 0.878. The van der Waals surface area contributed by atoms with Crippen LogP contribution in [0.1, 0.15) is 44.6 Å². The van der Waals surface area contributed by atoms with Gasteiger partial charge in [0.05, 0.1) is 6.54 Å². The first-order chi connectivity index (χ1) is 11.1. The fourth-order valence-electron chi connectivity index (χ4n) is 3.47. The molecule has 1 heterocycles. The van der Waals surface area contributed by atoms with Crippen molar-refractivity contribution < 1.29 is 9.90 Å². The maximum atomic E-state index is 12.8. The largest absolute Gasteiger partial charge is 0.367 e. The molecule has 23 heavy (non-hydrogen) atoms. The average molecular weight is 332 g/mol. The first-order valence-corrected chi connectivity index (χ1v) is 8.63. The monoisotopic (exact) mass is 331 g/mol. The Morgan fingerprint density at radius 3 is 2.87 bits per heavy atom. The normalized spacial score (nSPS) is 23.6. The summed E-state index contributed by atoms with van der Waals surface area (Å²) in [4.78, 5) is 14.4. The fourth-order valence-corrected chi connectivity index (χ4v) is 3.66. The minimum absolute atomic E-state index is 0.0885. The zero-order valence-corrected chi connectivity index (χ0v) is 14.1. The van der Waals surface area contributed by atoms with Crippen molar-refractivity contribution in [1.82, 2.24) is 4.90 Å². The molecule has 4 heteroatoms. The molecule has 1 aromatic carbocycles. The third-order valence-corrected chi connectivity index (χ3v) is 5.11. The van der Waals surface area contributed by atoms with Gasteiger partial charge in [0.1, 0.15) is 0 Å². The van der Waals surface area contributed by atoms with Gasteiger partial charge in [-0.1, -0.05) is 55.3 Å². The van der Waals surface area contributed by atoms with Gasteiger partial charge in [-0.3, -0.25) is 4.79 Å². The van der Waals surface area contributed by atoms with Crippen molar-refractivity contribution in [2.45, 2.75) is 51.3 Å². The predicted molar refractivity (Wildman–Crippen MR) is 91.9 cm³/mol. The second kappa shape index (κ2) is 6.50. The van der Waals surface area contributed by atoms with Gasteiger partial charge in [0.15, 0.2) is 5.72 Å². The van der Waals surface area contributed by atoms with E-state index in [1.165, 1.54) is 0 Å². The van der Waals surface area contributed by atoms with Crippen LogP contribution in [0.2, 0.25) is 5.02 Å². The highest BCUT2D eigenvalue weighted by Gasteiger charge is 2.49. The molecule has 1 aromatic rings. The third-order valence-electron chi connectivity index (χ3n) is 4.74. The van der Waals surface area contributed by atoms with E-state index in [0.717, 1.165) is 36.8 Å². The molecule has 1 amide bonds. The summed E-state index contributed by atoms with van der Waals surface area (Å²) >= 11 is 6.25. The number of halogens is 1. The van der Waals surface area contributed by atoms with Crippen molar-refractivity contribution >= 4 is 17.5 Å². The summed E-state index contributed by atoms with van der Waals surface area (Å²) in [5.74, 6) is -0.0885. The first kappa shape index (κ1) is 16.3. The summed E-state index contributed by atoms with van der Waals surface area (Å²) in [5, 5.41) is 12.0. The molecule has 0 bridgehead atoms. The van der Waals surface area contributed by atoms with Crippen LogP contribution in [-0.4, -0.2) is 21.6 Å². The molecule has 3 nitrogen and oxygen atoms in total. The lowest BCUT2D eigenvalue weighted by Crippen LogP contribution is -2.48. The molecule has 1 unspecified atom stereocenters.